The number of hydrogen-bond donors (Lipinski definition) is 2. The predicted octanol–water partition coefficient (Wildman–Crippen LogP) is 4.87. The molecule has 8 heteroatoms. The second-order valence-electron chi connectivity index (χ2n) is 9.62. The molecule has 1 saturated carbocycles. The normalized spacial score (nSPS) is 17.6. The maximum absolute atomic E-state index is 5.56. The standard InChI is InChI=1S/C28H39N5O3/c1-33(2)27-22-8-6-7-9-24(22)31-28(32-27)30-20-12-10-19(11-13-20)14-15-29-18-23-25(35-4)16-21(34-3)17-26(23)36-5/h6-9,16-17,19-20,29H,10-15,18H2,1-5H3,(H,30,31,32)/t19-,20+. The number of hydrogen-bond acceptors (Lipinski definition) is 8. The fourth-order valence-electron chi connectivity index (χ4n) is 5.01. The van der Waals surface area contributed by atoms with Crippen molar-refractivity contribution >= 4 is 22.7 Å². The van der Waals surface area contributed by atoms with Crippen molar-refractivity contribution in [3.05, 3.63) is 42.0 Å². The summed E-state index contributed by atoms with van der Waals surface area (Å²) in [5.41, 5.74) is 1.99. The monoisotopic (exact) mass is 493 g/mol. The lowest BCUT2D eigenvalue weighted by molar-refractivity contribution is 0.315. The summed E-state index contributed by atoms with van der Waals surface area (Å²) in [7, 11) is 9.05. The van der Waals surface area contributed by atoms with Gasteiger partial charge in [-0.1, -0.05) is 12.1 Å². The fourth-order valence-corrected chi connectivity index (χ4v) is 5.01. The summed E-state index contributed by atoms with van der Waals surface area (Å²) in [6.45, 7) is 1.65. The van der Waals surface area contributed by atoms with Crippen LogP contribution in [0.2, 0.25) is 0 Å². The topological polar surface area (TPSA) is 80.8 Å². The Labute approximate surface area is 214 Å². The van der Waals surface area contributed by atoms with E-state index in [4.69, 9.17) is 24.2 Å². The first-order chi connectivity index (χ1) is 17.5. The Bertz CT molecular complexity index is 1120. The largest absolute Gasteiger partial charge is 0.496 e. The number of nitrogens with one attached hydrogen (secondary N) is 2. The molecule has 0 aliphatic heterocycles. The van der Waals surface area contributed by atoms with Gasteiger partial charge in [0.2, 0.25) is 5.95 Å². The smallest absolute Gasteiger partial charge is 0.225 e. The van der Waals surface area contributed by atoms with Crippen LogP contribution < -0.4 is 29.7 Å². The van der Waals surface area contributed by atoms with Crippen LogP contribution in [0.15, 0.2) is 36.4 Å². The lowest BCUT2D eigenvalue weighted by Gasteiger charge is -2.29. The van der Waals surface area contributed by atoms with Crippen LogP contribution in [0, 0.1) is 5.92 Å². The highest BCUT2D eigenvalue weighted by Gasteiger charge is 2.22. The van der Waals surface area contributed by atoms with Gasteiger partial charge in [0.15, 0.2) is 0 Å². The van der Waals surface area contributed by atoms with Gasteiger partial charge in [-0.3, -0.25) is 0 Å². The number of benzene rings is 2. The quantitative estimate of drug-likeness (QED) is 0.366. The van der Waals surface area contributed by atoms with E-state index >= 15 is 0 Å². The van der Waals surface area contributed by atoms with Crippen LogP contribution in [0.5, 0.6) is 17.2 Å². The van der Waals surface area contributed by atoms with E-state index in [1.807, 2.05) is 38.4 Å². The van der Waals surface area contributed by atoms with Gasteiger partial charge in [-0.15, -0.1) is 0 Å². The molecule has 0 atom stereocenters. The summed E-state index contributed by atoms with van der Waals surface area (Å²) in [5, 5.41) is 8.27. The van der Waals surface area contributed by atoms with Gasteiger partial charge in [-0.05, 0) is 56.7 Å². The zero-order valence-corrected chi connectivity index (χ0v) is 22.1. The zero-order valence-electron chi connectivity index (χ0n) is 22.1. The van der Waals surface area contributed by atoms with Gasteiger partial charge < -0.3 is 29.7 Å². The van der Waals surface area contributed by atoms with Crippen LogP contribution in [0.1, 0.15) is 37.7 Å². The molecule has 3 aromatic rings. The number of nitrogens with zero attached hydrogens (tertiary/aromatic N) is 3. The summed E-state index contributed by atoms with van der Waals surface area (Å²) in [6.07, 6.45) is 5.85. The molecule has 1 aromatic heterocycles. The fraction of sp³-hybridized carbons (Fsp3) is 0.500. The first-order valence-corrected chi connectivity index (χ1v) is 12.7. The minimum atomic E-state index is 0.415. The van der Waals surface area contributed by atoms with Gasteiger partial charge in [-0.2, -0.15) is 4.98 Å². The van der Waals surface area contributed by atoms with E-state index in [0.29, 0.717) is 12.6 Å². The highest BCUT2D eigenvalue weighted by molar-refractivity contribution is 5.90. The molecule has 0 saturated heterocycles. The maximum Gasteiger partial charge on any atom is 0.225 e. The van der Waals surface area contributed by atoms with Crippen molar-refractivity contribution in [1.29, 1.82) is 0 Å². The van der Waals surface area contributed by atoms with Gasteiger partial charge in [0.1, 0.15) is 23.1 Å². The Morgan fingerprint density at radius 3 is 2.25 bits per heavy atom. The van der Waals surface area contributed by atoms with E-state index in [1.54, 1.807) is 21.3 Å². The molecular weight excluding hydrogens is 454 g/mol. The van der Waals surface area contributed by atoms with Crippen LogP contribution in [0.3, 0.4) is 0 Å². The minimum absolute atomic E-state index is 0.415. The van der Waals surface area contributed by atoms with Gasteiger partial charge in [0.05, 0.1) is 32.4 Å². The third kappa shape index (κ3) is 6.10. The van der Waals surface area contributed by atoms with Crippen LogP contribution in [0.4, 0.5) is 11.8 Å². The first-order valence-electron chi connectivity index (χ1n) is 12.7. The number of rotatable bonds is 11. The maximum atomic E-state index is 5.56. The van der Waals surface area contributed by atoms with Crippen LogP contribution in [0.25, 0.3) is 10.9 Å². The summed E-state index contributed by atoms with van der Waals surface area (Å²) in [5.74, 6) is 4.69. The molecule has 8 nitrogen and oxygen atoms in total. The lowest BCUT2D eigenvalue weighted by Crippen LogP contribution is -2.28. The predicted molar refractivity (Wildman–Crippen MR) is 146 cm³/mol. The minimum Gasteiger partial charge on any atom is -0.496 e. The Morgan fingerprint density at radius 1 is 0.917 bits per heavy atom. The molecule has 4 rings (SSSR count). The van der Waals surface area contributed by atoms with Crippen LogP contribution in [-0.2, 0) is 6.54 Å². The Balaban J connectivity index is 1.26. The van der Waals surface area contributed by atoms with E-state index in [0.717, 1.165) is 77.2 Å². The molecule has 1 heterocycles. The number of para-hydroxylation sites is 1. The van der Waals surface area contributed by atoms with E-state index < -0.39 is 0 Å². The summed E-state index contributed by atoms with van der Waals surface area (Å²) >= 11 is 0. The summed E-state index contributed by atoms with van der Waals surface area (Å²) < 4.78 is 16.5. The van der Waals surface area contributed by atoms with E-state index in [2.05, 4.69) is 27.7 Å². The average Bonchev–Trinajstić information content (AvgIpc) is 2.91. The Morgan fingerprint density at radius 2 is 1.61 bits per heavy atom. The van der Waals surface area contributed by atoms with E-state index in [9.17, 15) is 0 Å². The molecule has 1 aliphatic rings. The van der Waals surface area contributed by atoms with E-state index in [-0.39, 0.29) is 0 Å². The molecule has 2 N–H and O–H groups in total. The van der Waals surface area contributed by atoms with Crippen molar-refractivity contribution in [3.8, 4) is 17.2 Å². The molecule has 0 bridgehead atoms. The Hall–Kier alpha value is -3.26. The molecule has 0 spiro atoms. The van der Waals surface area contributed by atoms with Crippen molar-refractivity contribution in [1.82, 2.24) is 15.3 Å². The molecule has 36 heavy (non-hydrogen) atoms. The molecule has 1 aliphatic carbocycles. The second-order valence-corrected chi connectivity index (χ2v) is 9.62. The van der Waals surface area contributed by atoms with Gasteiger partial charge in [-0.25, -0.2) is 4.98 Å². The van der Waals surface area contributed by atoms with Crippen molar-refractivity contribution in [2.24, 2.45) is 5.92 Å². The highest BCUT2D eigenvalue weighted by atomic mass is 16.5. The molecule has 0 unspecified atom stereocenters. The second kappa shape index (κ2) is 12.1. The first kappa shape index (κ1) is 25.8. The highest BCUT2D eigenvalue weighted by Crippen LogP contribution is 2.34. The third-order valence-corrected chi connectivity index (χ3v) is 7.03. The average molecular weight is 494 g/mol. The number of anilines is 2. The number of fused-ring (bicyclic) bond motifs is 1. The van der Waals surface area contributed by atoms with Crippen molar-refractivity contribution in [2.45, 2.75) is 44.7 Å². The third-order valence-electron chi connectivity index (χ3n) is 7.03. The number of methoxy groups -OCH3 is 3. The SMILES string of the molecule is COc1cc(OC)c(CNCC[C@H]2CC[C@@H](Nc3nc(N(C)C)c4ccccc4n3)CC2)c(OC)c1. The van der Waals surface area contributed by atoms with E-state index in [1.165, 1.54) is 12.8 Å². The molecule has 1 fully saturated rings. The number of aromatic nitrogens is 2. The van der Waals surface area contributed by atoms with Crippen molar-refractivity contribution in [3.63, 3.8) is 0 Å². The zero-order chi connectivity index (χ0) is 25.5. The molecule has 0 amide bonds. The van der Waals surface area contributed by atoms with Crippen molar-refractivity contribution in [2.75, 3.05) is 52.2 Å². The van der Waals surface area contributed by atoms with Gasteiger partial charge in [0, 0.05) is 44.2 Å². The van der Waals surface area contributed by atoms with Gasteiger partial charge >= 0.3 is 0 Å². The summed E-state index contributed by atoms with van der Waals surface area (Å²) in [4.78, 5) is 11.6. The molecule has 0 radical (unpaired) electrons. The van der Waals surface area contributed by atoms with Crippen LogP contribution in [-0.4, -0.2) is 58.0 Å². The molecule has 194 valence electrons. The Kier molecular flexibility index (Phi) is 8.70. The molecular formula is C28H39N5O3. The van der Waals surface area contributed by atoms with Crippen molar-refractivity contribution < 1.29 is 14.2 Å². The summed E-state index contributed by atoms with van der Waals surface area (Å²) in [6, 6.07) is 12.4. The van der Waals surface area contributed by atoms with Crippen LogP contribution >= 0.6 is 0 Å². The van der Waals surface area contributed by atoms with Gasteiger partial charge in [0.25, 0.3) is 0 Å². The lowest BCUT2D eigenvalue weighted by atomic mass is 9.84. The molecule has 2 aromatic carbocycles. The number of ether oxygens (including phenoxy) is 3.